The number of rotatable bonds is 1. The highest BCUT2D eigenvalue weighted by Crippen LogP contribution is 2.37. The minimum Gasteiger partial charge on any atom is -0.353 e. The first-order chi connectivity index (χ1) is 11.6. The van der Waals surface area contributed by atoms with E-state index in [4.69, 9.17) is 4.99 Å². The van der Waals surface area contributed by atoms with Crippen molar-refractivity contribution in [2.75, 3.05) is 5.32 Å². The number of nitrogens with zero attached hydrogens (tertiary/aromatic N) is 1. The molecule has 0 bridgehead atoms. The van der Waals surface area contributed by atoms with Crippen molar-refractivity contribution in [3.05, 3.63) is 88.5 Å². The van der Waals surface area contributed by atoms with Gasteiger partial charge in [0.1, 0.15) is 0 Å². The van der Waals surface area contributed by atoms with E-state index in [1.54, 1.807) is 0 Å². The molecule has 2 heteroatoms. The fourth-order valence-electron chi connectivity index (χ4n) is 3.10. The molecular weight excluding hydrogens is 292 g/mol. The molecule has 0 aromatic heterocycles. The Hall–Kier alpha value is -2.87. The van der Waals surface area contributed by atoms with Gasteiger partial charge in [-0.05, 0) is 56.2 Å². The SMILES string of the molecule is Cc1ccc2c(c1)C(c1ccccc1)=Nc1cc(C)c(C)cc1N2. The lowest BCUT2D eigenvalue weighted by Gasteiger charge is -2.12. The lowest BCUT2D eigenvalue weighted by atomic mass is 9.99. The average Bonchev–Trinajstić information content (AvgIpc) is 2.73. The summed E-state index contributed by atoms with van der Waals surface area (Å²) in [5.74, 6) is 0. The highest BCUT2D eigenvalue weighted by atomic mass is 14.9. The summed E-state index contributed by atoms with van der Waals surface area (Å²) in [5, 5.41) is 3.58. The van der Waals surface area contributed by atoms with Crippen LogP contribution in [0.2, 0.25) is 0 Å². The largest absolute Gasteiger partial charge is 0.353 e. The van der Waals surface area contributed by atoms with E-state index in [9.17, 15) is 0 Å². The molecule has 0 saturated carbocycles. The lowest BCUT2D eigenvalue weighted by molar-refractivity contribution is 1.32. The summed E-state index contributed by atoms with van der Waals surface area (Å²) in [6.07, 6.45) is 0. The van der Waals surface area contributed by atoms with Crippen LogP contribution in [0.3, 0.4) is 0 Å². The summed E-state index contributed by atoms with van der Waals surface area (Å²) >= 11 is 0. The topological polar surface area (TPSA) is 24.4 Å². The van der Waals surface area contributed by atoms with Gasteiger partial charge in [0.25, 0.3) is 0 Å². The van der Waals surface area contributed by atoms with Gasteiger partial charge in [-0.1, -0.05) is 42.0 Å². The Morgan fingerprint density at radius 1 is 0.750 bits per heavy atom. The van der Waals surface area contributed by atoms with Gasteiger partial charge in [0.15, 0.2) is 0 Å². The van der Waals surface area contributed by atoms with Crippen LogP contribution in [0, 0.1) is 20.8 Å². The molecule has 0 aliphatic carbocycles. The quantitative estimate of drug-likeness (QED) is 0.469. The highest BCUT2D eigenvalue weighted by Gasteiger charge is 2.18. The molecule has 0 fully saturated rings. The first kappa shape index (κ1) is 14.7. The minimum atomic E-state index is 0.991. The molecule has 1 aliphatic rings. The van der Waals surface area contributed by atoms with Crippen molar-refractivity contribution in [3.63, 3.8) is 0 Å². The maximum absolute atomic E-state index is 5.05. The molecule has 0 saturated heterocycles. The summed E-state index contributed by atoms with van der Waals surface area (Å²) < 4.78 is 0. The standard InChI is InChI=1S/C22H20N2/c1-14-9-10-19-18(11-14)22(17-7-5-4-6-8-17)24-21-13-16(3)15(2)12-20(21)23-19/h4-13,23H,1-3H3. The van der Waals surface area contributed by atoms with Gasteiger partial charge in [-0.15, -0.1) is 0 Å². The molecule has 0 atom stereocenters. The third-order valence-electron chi connectivity index (χ3n) is 4.59. The van der Waals surface area contributed by atoms with E-state index < -0.39 is 0 Å². The zero-order valence-electron chi connectivity index (χ0n) is 14.2. The Kier molecular flexibility index (Phi) is 3.46. The van der Waals surface area contributed by atoms with Gasteiger partial charge in [0.2, 0.25) is 0 Å². The monoisotopic (exact) mass is 312 g/mol. The van der Waals surface area contributed by atoms with E-state index in [0.29, 0.717) is 0 Å². The van der Waals surface area contributed by atoms with Gasteiger partial charge in [0.05, 0.1) is 17.1 Å². The predicted molar refractivity (Wildman–Crippen MR) is 102 cm³/mol. The lowest BCUT2D eigenvalue weighted by Crippen LogP contribution is -2.05. The van der Waals surface area contributed by atoms with E-state index in [1.165, 1.54) is 16.7 Å². The summed E-state index contributed by atoms with van der Waals surface area (Å²) in [7, 11) is 0. The number of benzene rings is 3. The molecule has 1 heterocycles. The second-order valence-electron chi connectivity index (χ2n) is 6.45. The van der Waals surface area contributed by atoms with Crippen LogP contribution in [-0.4, -0.2) is 5.71 Å². The summed E-state index contributed by atoms with van der Waals surface area (Å²) in [4.78, 5) is 5.05. The van der Waals surface area contributed by atoms with E-state index >= 15 is 0 Å². The summed E-state index contributed by atoms with van der Waals surface area (Å²) in [6, 6.07) is 21.3. The smallest absolute Gasteiger partial charge is 0.0875 e. The van der Waals surface area contributed by atoms with Crippen LogP contribution in [0.1, 0.15) is 27.8 Å². The van der Waals surface area contributed by atoms with Crippen molar-refractivity contribution in [1.29, 1.82) is 0 Å². The third kappa shape index (κ3) is 2.50. The first-order valence-electron chi connectivity index (χ1n) is 8.25. The number of fused-ring (bicyclic) bond motifs is 2. The number of nitrogens with one attached hydrogen (secondary N) is 1. The Morgan fingerprint density at radius 2 is 1.50 bits per heavy atom. The van der Waals surface area contributed by atoms with Gasteiger partial charge >= 0.3 is 0 Å². The molecule has 1 aliphatic heterocycles. The van der Waals surface area contributed by atoms with E-state index in [2.05, 4.69) is 80.7 Å². The van der Waals surface area contributed by atoms with E-state index in [-0.39, 0.29) is 0 Å². The third-order valence-corrected chi connectivity index (χ3v) is 4.59. The Labute approximate surface area is 142 Å². The molecule has 3 aromatic carbocycles. The minimum absolute atomic E-state index is 0.991. The number of hydrogen-bond acceptors (Lipinski definition) is 2. The van der Waals surface area contributed by atoms with E-state index in [0.717, 1.165) is 33.9 Å². The molecule has 2 nitrogen and oxygen atoms in total. The van der Waals surface area contributed by atoms with Crippen LogP contribution < -0.4 is 5.32 Å². The molecule has 24 heavy (non-hydrogen) atoms. The maximum atomic E-state index is 5.05. The molecule has 0 spiro atoms. The van der Waals surface area contributed by atoms with Gasteiger partial charge in [-0.25, -0.2) is 4.99 Å². The predicted octanol–water partition coefficient (Wildman–Crippen LogP) is 5.84. The summed E-state index contributed by atoms with van der Waals surface area (Å²) in [5.41, 5.74) is 10.2. The van der Waals surface area contributed by atoms with Crippen LogP contribution in [0.15, 0.2) is 65.7 Å². The average molecular weight is 312 g/mol. The molecule has 1 N–H and O–H groups in total. The van der Waals surface area contributed by atoms with Gasteiger partial charge in [-0.2, -0.15) is 0 Å². The zero-order chi connectivity index (χ0) is 16.7. The van der Waals surface area contributed by atoms with Crippen molar-refractivity contribution in [2.24, 2.45) is 4.99 Å². The molecule has 4 rings (SSSR count). The van der Waals surface area contributed by atoms with Crippen molar-refractivity contribution < 1.29 is 0 Å². The summed E-state index contributed by atoms with van der Waals surface area (Å²) in [6.45, 7) is 6.39. The molecule has 0 radical (unpaired) electrons. The van der Waals surface area contributed by atoms with Gasteiger partial charge in [0, 0.05) is 16.8 Å². The van der Waals surface area contributed by atoms with Gasteiger partial charge < -0.3 is 5.32 Å². The number of aryl methyl sites for hydroxylation is 3. The number of hydrogen-bond donors (Lipinski definition) is 1. The molecule has 0 unspecified atom stereocenters. The maximum Gasteiger partial charge on any atom is 0.0875 e. The van der Waals surface area contributed by atoms with Crippen molar-refractivity contribution in [2.45, 2.75) is 20.8 Å². The normalized spacial score (nSPS) is 12.5. The zero-order valence-corrected chi connectivity index (χ0v) is 14.2. The number of aliphatic imine (C=N–C) groups is 1. The van der Waals surface area contributed by atoms with Crippen molar-refractivity contribution >= 4 is 22.8 Å². The Morgan fingerprint density at radius 3 is 2.29 bits per heavy atom. The molecular formula is C22H20N2. The Balaban J connectivity index is 2.02. The second-order valence-corrected chi connectivity index (χ2v) is 6.45. The highest BCUT2D eigenvalue weighted by molar-refractivity contribution is 6.18. The fourth-order valence-corrected chi connectivity index (χ4v) is 3.10. The second kappa shape index (κ2) is 5.64. The Bertz CT molecular complexity index is 953. The molecule has 0 amide bonds. The van der Waals surface area contributed by atoms with Crippen molar-refractivity contribution in [3.8, 4) is 0 Å². The van der Waals surface area contributed by atoms with Crippen molar-refractivity contribution in [1.82, 2.24) is 0 Å². The molecule has 3 aromatic rings. The van der Waals surface area contributed by atoms with Crippen LogP contribution in [0.5, 0.6) is 0 Å². The van der Waals surface area contributed by atoms with Crippen LogP contribution in [0.25, 0.3) is 0 Å². The van der Waals surface area contributed by atoms with Gasteiger partial charge in [-0.3, -0.25) is 0 Å². The number of anilines is 2. The first-order valence-corrected chi connectivity index (χ1v) is 8.25. The van der Waals surface area contributed by atoms with Crippen LogP contribution in [-0.2, 0) is 0 Å². The molecule has 118 valence electrons. The van der Waals surface area contributed by atoms with E-state index in [1.807, 2.05) is 6.07 Å². The fraction of sp³-hybridized carbons (Fsp3) is 0.136. The van der Waals surface area contributed by atoms with Crippen LogP contribution >= 0.6 is 0 Å². The van der Waals surface area contributed by atoms with Crippen LogP contribution in [0.4, 0.5) is 17.1 Å².